The lowest BCUT2D eigenvalue weighted by molar-refractivity contribution is 0.630. The van der Waals surface area contributed by atoms with E-state index in [4.69, 9.17) is 0 Å². The highest BCUT2D eigenvalue weighted by Crippen LogP contribution is 2.18. The van der Waals surface area contributed by atoms with Crippen LogP contribution in [0.15, 0.2) is 23.0 Å². The second-order valence-corrected chi connectivity index (χ2v) is 5.39. The van der Waals surface area contributed by atoms with Crippen molar-refractivity contribution in [2.24, 2.45) is 0 Å². The zero-order chi connectivity index (χ0) is 11.5. The molecule has 0 amide bonds. The van der Waals surface area contributed by atoms with E-state index in [1.807, 2.05) is 0 Å². The summed E-state index contributed by atoms with van der Waals surface area (Å²) in [5, 5.41) is 1.56. The minimum absolute atomic E-state index is 0.00503. The Kier molecular flexibility index (Phi) is 3.76. The van der Waals surface area contributed by atoms with E-state index in [1.54, 1.807) is 10.0 Å². The van der Waals surface area contributed by atoms with Crippen molar-refractivity contribution in [2.45, 2.75) is 19.4 Å². The molecule has 1 heterocycles. The quantitative estimate of drug-likeness (QED) is 0.627. The molecule has 0 aliphatic heterocycles. The molecule has 2 aromatic rings. The number of hydrogen-bond donors (Lipinski definition) is 0. The Morgan fingerprint density at radius 2 is 2.19 bits per heavy atom. The van der Waals surface area contributed by atoms with Crippen LogP contribution in [-0.4, -0.2) is 9.29 Å². The molecule has 0 spiro atoms. The molecule has 0 fully saturated rings. The number of benzene rings is 1. The highest BCUT2D eigenvalue weighted by Gasteiger charge is 2.07. The minimum atomic E-state index is -0.290. The first kappa shape index (κ1) is 11.8. The van der Waals surface area contributed by atoms with Gasteiger partial charge in [0.15, 0.2) is 0 Å². The summed E-state index contributed by atoms with van der Waals surface area (Å²) >= 11 is 4.69. The van der Waals surface area contributed by atoms with Gasteiger partial charge in [0.2, 0.25) is 0 Å². The van der Waals surface area contributed by atoms with Crippen LogP contribution in [-0.2, 0) is 6.54 Å². The number of halogens is 2. The molecule has 1 aromatic heterocycles. The molecule has 0 atom stereocenters. The normalized spacial score (nSPS) is 11.1. The molecule has 0 bridgehead atoms. The monoisotopic (exact) mass is 303 g/mol. The van der Waals surface area contributed by atoms with Crippen molar-refractivity contribution in [3.63, 3.8) is 0 Å². The molecule has 5 heteroatoms. The Balaban J connectivity index is 2.33. The summed E-state index contributed by atoms with van der Waals surface area (Å²) in [6.45, 7) is 0.714. The van der Waals surface area contributed by atoms with E-state index in [0.717, 1.165) is 22.9 Å². The first-order chi connectivity index (χ1) is 7.72. The van der Waals surface area contributed by atoms with Crippen molar-refractivity contribution in [3.8, 4) is 0 Å². The summed E-state index contributed by atoms with van der Waals surface area (Å²) in [5.74, 6) is -0.290. The lowest BCUT2D eigenvalue weighted by atomic mass is 10.3. The summed E-state index contributed by atoms with van der Waals surface area (Å²) in [6.07, 6.45) is 2.00. The lowest BCUT2D eigenvalue weighted by Crippen LogP contribution is -2.12. The largest absolute Gasteiger partial charge is 0.268 e. The van der Waals surface area contributed by atoms with Gasteiger partial charge >= 0.3 is 0 Å². The molecule has 0 saturated heterocycles. The maximum atomic E-state index is 13.0. The zero-order valence-electron chi connectivity index (χ0n) is 8.58. The van der Waals surface area contributed by atoms with Crippen molar-refractivity contribution < 1.29 is 4.39 Å². The molecule has 0 N–H and O–H groups in total. The molecule has 86 valence electrons. The van der Waals surface area contributed by atoms with E-state index in [2.05, 4.69) is 15.9 Å². The predicted octanol–water partition coefficient (Wildman–Crippen LogP) is 3.38. The van der Waals surface area contributed by atoms with Crippen LogP contribution in [0.5, 0.6) is 0 Å². The maximum absolute atomic E-state index is 13.0. The molecular formula is C11H11BrFNOS. The van der Waals surface area contributed by atoms with E-state index in [1.165, 1.54) is 23.7 Å². The Labute approximate surface area is 105 Å². The van der Waals surface area contributed by atoms with Crippen LogP contribution in [0.3, 0.4) is 0 Å². The second-order valence-electron chi connectivity index (χ2n) is 3.54. The maximum Gasteiger partial charge on any atom is 0.268 e. The van der Waals surface area contributed by atoms with Gasteiger partial charge in [-0.2, -0.15) is 0 Å². The second kappa shape index (κ2) is 5.10. The molecule has 16 heavy (non-hydrogen) atoms. The van der Waals surface area contributed by atoms with Crippen LogP contribution in [0.4, 0.5) is 4.39 Å². The third-order valence-corrected chi connectivity index (χ3v) is 4.02. The summed E-state index contributed by atoms with van der Waals surface area (Å²) in [6, 6.07) is 4.31. The van der Waals surface area contributed by atoms with Gasteiger partial charge in [0.05, 0.1) is 10.1 Å². The van der Waals surface area contributed by atoms with E-state index in [0.29, 0.717) is 11.9 Å². The summed E-state index contributed by atoms with van der Waals surface area (Å²) in [5.41, 5.74) is -0.00503. The average Bonchev–Trinajstić information content (AvgIpc) is 2.56. The Morgan fingerprint density at radius 1 is 1.38 bits per heavy atom. The minimum Gasteiger partial charge on any atom is -0.268 e. The van der Waals surface area contributed by atoms with Crippen LogP contribution in [0.2, 0.25) is 0 Å². The van der Waals surface area contributed by atoms with Gasteiger partial charge in [-0.1, -0.05) is 27.5 Å². The first-order valence-corrected chi connectivity index (χ1v) is 6.97. The highest BCUT2D eigenvalue weighted by atomic mass is 79.9. The SMILES string of the molecule is O=c1c2ccc(F)cc2sn1CCCCBr. The number of hydrogen-bond acceptors (Lipinski definition) is 2. The summed E-state index contributed by atoms with van der Waals surface area (Å²) in [7, 11) is 0. The number of aryl methyl sites for hydroxylation is 1. The Morgan fingerprint density at radius 3 is 2.94 bits per heavy atom. The third kappa shape index (κ3) is 2.35. The Hall–Kier alpha value is -0.680. The van der Waals surface area contributed by atoms with E-state index in [-0.39, 0.29) is 11.4 Å². The zero-order valence-corrected chi connectivity index (χ0v) is 11.0. The van der Waals surface area contributed by atoms with E-state index >= 15 is 0 Å². The fraction of sp³-hybridized carbons (Fsp3) is 0.364. The number of fused-ring (bicyclic) bond motifs is 1. The van der Waals surface area contributed by atoms with Crippen LogP contribution < -0.4 is 5.56 Å². The highest BCUT2D eigenvalue weighted by molar-refractivity contribution is 9.09. The predicted molar refractivity (Wildman–Crippen MR) is 69.1 cm³/mol. The van der Waals surface area contributed by atoms with Gasteiger partial charge in [-0.05, 0) is 31.0 Å². The molecule has 0 aliphatic rings. The number of unbranched alkanes of at least 4 members (excludes halogenated alkanes) is 1. The van der Waals surface area contributed by atoms with Gasteiger partial charge in [-0.25, -0.2) is 4.39 Å². The van der Waals surface area contributed by atoms with Crippen LogP contribution in [0.25, 0.3) is 10.1 Å². The van der Waals surface area contributed by atoms with Crippen LogP contribution in [0.1, 0.15) is 12.8 Å². The number of alkyl halides is 1. The first-order valence-electron chi connectivity index (χ1n) is 5.07. The molecule has 2 nitrogen and oxygen atoms in total. The third-order valence-electron chi connectivity index (χ3n) is 2.35. The van der Waals surface area contributed by atoms with E-state index in [9.17, 15) is 9.18 Å². The van der Waals surface area contributed by atoms with Crippen LogP contribution in [0, 0.1) is 5.82 Å². The molecule has 0 aliphatic carbocycles. The van der Waals surface area contributed by atoms with Gasteiger partial charge < -0.3 is 0 Å². The topological polar surface area (TPSA) is 22.0 Å². The van der Waals surface area contributed by atoms with Crippen molar-refractivity contribution in [2.75, 3.05) is 5.33 Å². The average molecular weight is 304 g/mol. The summed E-state index contributed by atoms with van der Waals surface area (Å²) in [4.78, 5) is 11.9. The van der Waals surface area contributed by atoms with Gasteiger partial charge in [0, 0.05) is 11.9 Å². The molecule has 0 radical (unpaired) electrons. The van der Waals surface area contributed by atoms with Gasteiger partial charge in [0.1, 0.15) is 5.82 Å². The molecule has 2 rings (SSSR count). The van der Waals surface area contributed by atoms with Gasteiger partial charge in [-0.3, -0.25) is 8.75 Å². The standard InChI is InChI=1S/C11H11BrFNOS/c12-5-1-2-6-14-11(15)9-4-3-8(13)7-10(9)16-14/h3-4,7H,1-2,5-6H2. The van der Waals surface area contributed by atoms with E-state index < -0.39 is 0 Å². The fourth-order valence-corrected chi connectivity index (χ4v) is 2.99. The Bertz CT molecular complexity index is 548. The molecule has 0 saturated carbocycles. The lowest BCUT2D eigenvalue weighted by Gasteiger charge is -1.97. The smallest absolute Gasteiger partial charge is 0.268 e. The van der Waals surface area contributed by atoms with Crippen molar-refractivity contribution in [1.29, 1.82) is 0 Å². The van der Waals surface area contributed by atoms with Crippen molar-refractivity contribution in [3.05, 3.63) is 34.4 Å². The van der Waals surface area contributed by atoms with Crippen molar-refractivity contribution in [1.82, 2.24) is 3.96 Å². The molecule has 0 unspecified atom stereocenters. The van der Waals surface area contributed by atoms with Gasteiger partial charge in [0.25, 0.3) is 5.56 Å². The fourth-order valence-electron chi connectivity index (χ4n) is 1.54. The molecular weight excluding hydrogens is 293 g/mol. The molecule has 1 aromatic carbocycles. The number of aromatic nitrogens is 1. The van der Waals surface area contributed by atoms with Crippen LogP contribution >= 0.6 is 27.5 Å². The summed E-state index contributed by atoms with van der Waals surface area (Å²) < 4.78 is 15.4. The van der Waals surface area contributed by atoms with Gasteiger partial charge in [-0.15, -0.1) is 0 Å². The number of nitrogens with zero attached hydrogens (tertiary/aromatic N) is 1. The number of rotatable bonds is 4. The van der Waals surface area contributed by atoms with Crippen molar-refractivity contribution >= 4 is 37.5 Å².